The Balaban J connectivity index is 2.11. The zero-order valence-corrected chi connectivity index (χ0v) is 14.6. The zero-order valence-electron chi connectivity index (χ0n) is 13.8. The highest BCUT2D eigenvalue weighted by atomic mass is 32.2. The molecule has 0 radical (unpaired) electrons. The molecule has 1 aliphatic rings. The van der Waals surface area contributed by atoms with E-state index in [0.29, 0.717) is 18.8 Å². The van der Waals surface area contributed by atoms with Gasteiger partial charge in [0, 0.05) is 31.6 Å². The van der Waals surface area contributed by atoms with Crippen molar-refractivity contribution in [1.29, 1.82) is 0 Å². The Morgan fingerprint density at radius 1 is 1.43 bits per heavy atom. The fourth-order valence-electron chi connectivity index (χ4n) is 2.55. The van der Waals surface area contributed by atoms with Crippen molar-refractivity contribution in [2.45, 2.75) is 37.7 Å². The summed E-state index contributed by atoms with van der Waals surface area (Å²) in [5.74, 6) is 0. The van der Waals surface area contributed by atoms with Gasteiger partial charge in [-0.2, -0.15) is 0 Å². The molecule has 1 N–H and O–H groups in total. The first-order valence-corrected chi connectivity index (χ1v) is 9.68. The Hall–Kier alpha value is -1.60. The van der Waals surface area contributed by atoms with Crippen molar-refractivity contribution in [3.05, 3.63) is 23.8 Å². The average Bonchev–Trinajstić information content (AvgIpc) is 2.98. The summed E-state index contributed by atoms with van der Waals surface area (Å²) in [5, 5.41) is 2.81. The minimum atomic E-state index is -3.31. The summed E-state index contributed by atoms with van der Waals surface area (Å²) in [4.78, 5) is 14.3. The number of urea groups is 1. The third kappa shape index (κ3) is 4.68. The van der Waals surface area contributed by atoms with Crippen LogP contribution in [-0.2, 0) is 14.6 Å². The second-order valence-electron chi connectivity index (χ2n) is 5.85. The SMILES string of the molecule is CCN(C[C@@H]1CCCO1)C(=O)Nc1cc(S(C)(=O)=O)ccc1C. The lowest BCUT2D eigenvalue weighted by Gasteiger charge is -2.24. The van der Waals surface area contributed by atoms with Crippen molar-refractivity contribution < 1.29 is 17.9 Å². The molecule has 7 heteroatoms. The summed E-state index contributed by atoms with van der Waals surface area (Å²) < 4.78 is 28.9. The van der Waals surface area contributed by atoms with Crippen LogP contribution in [0.4, 0.5) is 10.5 Å². The molecule has 1 aliphatic heterocycles. The van der Waals surface area contributed by atoms with Crippen molar-refractivity contribution in [2.24, 2.45) is 0 Å². The van der Waals surface area contributed by atoms with Crippen LogP contribution in [0.15, 0.2) is 23.1 Å². The number of hydrogen-bond donors (Lipinski definition) is 1. The van der Waals surface area contributed by atoms with Gasteiger partial charge in [0.25, 0.3) is 0 Å². The van der Waals surface area contributed by atoms with E-state index in [2.05, 4.69) is 5.32 Å². The highest BCUT2D eigenvalue weighted by Crippen LogP contribution is 2.21. The van der Waals surface area contributed by atoms with Gasteiger partial charge in [-0.25, -0.2) is 13.2 Å². The van der Waals surface area contributed by atoms with Crippen LogP contribution in [0.5, 0.6) is 0 Å². The van der Waals surface area contributed by atoms with E-state index in [9.17, 15) is 13.2 Å². The lowest BCUT2D eigenvalue weighted by molar-refractivity contribution is 0.0849. The average molecular weight is 340 g/mol. The fraction of sp³-hybridized carbons (Fsp3) is 0.562. The summed E-state index contributed by atoms with van der Waals surface area (Å²) >= 11 is 0. The predicted molar refractivity (Wildman–Crippen MR) is 89.5 cm³/mol. The first-order chi connectivity index (χ1) is 10.8. The highest BCUT2D eigenvalue weighted by Gasteiger charge is 2.22. The van der Waals surface area contributed by atoms with E-state index in [0.717, 1.165) is 31.3 Å². The number of benzene rings is 1. The lowest BCUT2D eigenvalue weighted by atomic mass is 10.2. The summed E-state index contributed by atoms with van der Waals surface area (Å²) in [6.07, 6.45) is 3.23. The molecule has 1 saturated heterocycles. The number of amides is 2. The minimum absolute atomic E-state index is 0.0872. The van der Waals surface area contributed by atoms with Crippen LogP contribution in [-0.4, -0.2) is 51.4 Å². The smallest absolute Gasteiger partial charge is 0.321 e. The zero-order chi connectivity index (χ0) is 17.0. The molecule has 0 unspecified atom stereocenters. The molecule has 2 amide bonds. The Labute approximate surface area is 137 Å². The Morgan fingerprint density at radius 3 is 2.74 bits per heavy atom. The Kier molecular flexibility index (Phi) is 5.64. The van der Waals surface area contributed by atoms with Crippen LogP contribution in [0.25, 0.3) is 0 Å². The summed E-state index contributed by atoms with van der Waals surface area (Å²) in [7, 11) is -3.31. The Morgan fingerprint density at radius 2 is 2.17 bits per heavy atom. The van der Waals surface area contributed by atoms with E-state index in [-0.39, 0.29) is 17.0 Å². The number of aryl methyl sites for hydroxylation is 1. The molecule has 1 atom stereocenters. The number of ether oxygens (including phenoxy) is 1. The second kappa shape index (κ2) is 7.31. The Bertz CT molecular complexity index is 667. The maximum atomic E-state index is 12.5. The highest BCUT2D eigenvalue weighted by molar-refractivity contribution is 7.90. The molecule has 2 rings (SSSR count). The molecule has 0 aromatic heterocycles. The molecule has 1 aromatic carbocycles. The van der Waals surface area contributed by atoms with Gasteiger partial charge >= 0.3 is 6.03 Å². The van der Waals surface area contributed by atoms with E-state index in [1.165, 1.54) is 6.07 Å². The first kappa shape index (κ1) is 17.7. The molecule has 128 valence electrons. The van der Waals surface area contributed by atoms with E-state index in [1.54, 1.807) is 17.0 Å². The molecule has 1 heterocycles. The predicted octanol–water partition coefficient (Wildman–Crippen LogP) is 2.43. The van der Waals surface area contributed by atoms with Gasteiger partial charge in [-0.15, -0.1) is 0 Å². The molecular weight excluding hydrogens is 316 g/mol. The van der Waals surface area contributed by atoms with Gasteiger partial charge in [0.2, 0.25) is 0 Å². The minimum Gasteiger partial charge on any atom is -0.376 e. The molecule has 0 aliphatic carbocycles. The number of nitrogens with zero attached hydrogens (tertiary/aromatic N) is 1. The van der Waals surface area contributed by atoms with Gasteiger partial charge in [-0.05, 0) is 44.4 Å². The van der Waals surface area contributed by atoms with E-state index in [1.807, 2.05) is 13.8 Å². The quantitative estimate of drug-likeness (QED) is 0.893. The van der Waals surface area contributed by atoms with Crippen molar-refractivity contribution in [3.8, 4) is 0 Å². The summed E-state index contributed by atoms with van der Waals surface area (Å²) in [6, 6.07) is 4.51. The largest absolute Gasteiger partial charge is 0.376 e. The van der Waals surface area contributed by atoms with E-state index >= 15 is 0 Å². The normalized spacial score (nSPS) is 18.0. The van der Waals surface area contributed by atoms with E-state index < -0.39 is 9.84 Å². The maximum absolute atomic E-state index is 12.5. The number of anilines is 1. The number of carbonyl (C=O) groups excluding carboxylic acids is 1. The van der Waals surface area contributed by atoms with Crippen LogP contribution in [0, 0.1) is 6.92 Å². The monoisotopic (exact) mass is 340 g/mol. The third-order valence-electron chi connectivity index (χ3n) is 4.00. The topological polar surface area (TPSA) is 75.7 Å². The van der Waals surface area contributed by atoms with Crippen molar-refractivity contribution in [3.63, 3.8) is 0 Å². The second-order valence-corrected chi connectivity index (χ2v) is 7.87. The number of carbonyl (C=O) groups is 1. The fourth-order valence-corrected chi connectivity index (χ4v) is 3.20. The number of nitrogens with one attached hydrogen (secondary N) is 1. The van der Waals surface area contributed by atoms with Crippen molar-refractivity contribution in [2.75, 3.05) is 31.3 Å². The number of hydrogen-bond acceptors (Lipinski definition) is 4. The number of sulfone groups is 1. The molecule has 23 heavy (non-hydrogen) atoms. The molecule has 0 saturated carbocycles. The standard InChI is InChI=1S/C16H24N2O4S/c1-4-18(11-13-6-5-9-22-13)16(19)17-15-10-14(23(3,20)21)8-7-12(15)2/h7-8,10,13H,4-6,9,11H2,1-3H3,(H,17,19)/t13-/m0/s1. The molecule has 1 fully saturated rings. The van der Waals surface area contributed by atoms with Crippen LogP contribution >= 0.6 is 0 Å². The summed E-state index contributed by atoms with van der Waals surface area (Å²) in [5.41, 5.74) is 1.34. The summed E-state index contributed by atoms with van der Waals surface area (Å²) in [6.45, 7) is 5.61. The maximum Gasteiger partial charge on any atom is 0.321 e. The first-order valence-electron chi connectivity index (χ1n) is 7.79. The van der Waals surface area contributed by atoms with Gasteiger partial charge < -0.3 is 15.0 Å². The van der Waals surface area contributed by atoms with Gasteiger partial charge in [-0.1, -0.05) is 6.07 Å². The number of likely N-dealkylation sites (N-methyl/N-ethyl adjacent to an activating group) is 1. The van der Waals surface area contributed by atoms with Gasteiger partial charge in [0.1, 0.15) is 0 Å². The van der Waals surface area contributed by atoms with Crippen molar-refractivity contribution in [1.82, 2.24) is 4.90 Å². The van der Waals surface area contributed by atoms with Gasteiger partial charge in [0.15, 0.2) is 9.84 Å². The van der Waals surface area contributed by atoms with Crippen LogP contribution in [0.2, 0.25) is 0 Å². The third-order valence-corrected chi connectivity index (χ3v) is 5.11. The molecule has 6 nitrogen and oxygen atoms in total. The van der Waals surface area contributed by atoms with Gasteiger partial charge in [0.05, 0.1) is 11.0 Å². The molecular formula is C16H24N2O4S. The van der Waals surface area contributed by atoms with Crippen LogP contribution in [0.3, 0.4) is 0 Å². The molecule has 0 bridgehead atoms. The van der Waals surface area contributed by atoms with E-state index in [4.69, 9.17) is 4.74 Å². The van der Waals surface area contributed by atoms with Crippen LogP contribution < -0.4 is 5.32 Å². The molecule has 0 spiro atoms. The van der Waals surface area contributed by atoms with Crippen LogP contribution in [0.1, 0.15) is 25.3 Å². The van der Waals surface area contributed by atoms with Gasteiger partial charge in [-0.3, -0.25) is 0 Å². The van der Waals surface area contributed by atoms with Crippen molar-refractivity contribution >= 4 is 21.6 Å². The number of rotatable bonds is 5. The lowest BCUT2D eigenvalue weighted by Crippen LogP contribution is -2.40. The molecule has 1 aromatic rings.